The van der Waals surface area contributed by atoms with Crippen molar-refractivity contribution in [3.8, 4) is 5.75 Å². The minimum absolute atomic E-state index is 0.202. The van der Waals surface area contributed by atoms with Gasteiger partial charge in [0, 0.05) is 30.8 Å². The highest BCUT2D eigenvalue weighted by Gasteiger charge is 2.21. The van der Waals surface area contributed by atoms with Crippen LogP contribution in [0.3, 0.4) is 0 Å². The Labute approximate surface area is 189 Å². The summed E-state index contributed by atoms with van der Waals surface area (Å²) in [5.74, 6) is 0.326. The van der Waals surface area contributed by atoms with E-state index in [1.54, 1.807) is 44.2 Å². The van der Waals surface area contributed by atoms with E-state index in [9.17, 15) is 13.2 Å². The molecule has 0 atom stereocenters. The maximum Gasteiger partial charge on any atom is 0.255 e. The molecule has 0 saturated heterocycles. The zero-order chi connectivity index (χ0) is 23.0. The van der Waals surface area contributed by atoms with Gasteiger partial charge in [0.1, 0.15) is 5.75 Å². The Kier molecular flexibility index (Phi) is 8.03. The third-order valence-electron chi connectivity index (χ3n) is 5.05. The van der Waals surface area contributed by atoms with Gasteiger partial charge in [-0.05, 0) is 48.0 Å². The Morgan fingerprint density at radius 2 is 1.59 bits per heavy atom. The summed E-state index contributed by atoms with van der Waals surface area (Å²) in [5, 5.41) is 2.80. The SMILES string of the molecule is CCN(CC)S(=O)(=O)c1ccc(NC(=O)c2cccc(OCCc3ccccc3)c2)cc1. The Hall–Kier alpha value is -3.16. The summed E-state index contributed by atoms with van der Waals surface area (Å²) in [5.41, 5.74) is 2.17. The van der Waals surface area contributed by atoms with Crippen molar-refractivity contribution >= 4 is 21.6 Å². The Morgan fingerprint density at radius 1 is 0.906 bits per heavy atom. The highest BCUT2D eigenvalue weighted by atomic mass is 32.2. The fraction of sp³-hybridized carbons (Fsp3) is 0.240. The first-order valence-corrected chi connectivity index (χ1v) is 12.1. The van der Waals surface area contributed by atoms with Gasteiger partial charge in [-0.2, -0.15) is 4.31 Å². The number of carbonyl (C=O) groups is 1. The molecule has 0 aliphatic heterocycles. The van der Waals surface area contributed by atoms with E-state index >= 15 is 0 Å². The largest absolute Gasteiger partial charge is 0.493 e. The lowest BCUT2D eigenvalue weighted by atomic mass is 10.1. The zero-order valence-electron chi connectivity index (χ0n) is 18.3. The molecule has 1 amide bonds. The molecule has 1 N–H and O–H groups in total. The number of carbonyl (C=O) groups excluding carboxylic acids is 1. The van der Waals surface area contributed by atoms with Crippen LogP contribution >= 0.6 is 0 Å². The van der Waals surface area contributed by atoms with Crippen LogP contribution in [0.2, 0.25) is 0 Å². The Balaban J connectivity index is 1.61. The molecule has 0 heterocycles. The van der Waals surface area contributed by atoms with E-state index in [0.717, 1.165) is 6.42 Å². The van der Waals surface area contributed by atoms with Gasteiger partial charge in [0.05, 0.1) is 11.5 Å². The number of sulfonamides is 1. The summed E-state index contributed by atoms with van der Waals surface area (Å²) in [6.07, 6.45) is 0.778. The molecule has 3 aromatic carbocycles. The van der Waals surface area contributed by atoms with Crippen LogP contribution in [0, 0.1) is 0 Å². The smallest absolute Gasteiger partial charge is 0.255 e. The topological polar surface area (TPSA) is 75.7 Å². The third kappa shape index (κ3) is 5.96. The number of rotatable bonds is 10. The number of hydrogen-bond acceptors (Lipinski definition) is 4. The third-order valence-corrected chi connectivity index (χ3v) is 7.12. The van der Waals surface area contributed by atoms with Crippen LogP contribution in [0.25, 0.3) is 0 Å². The van der Waals surface area contributed by atoms with Crippen LogP contribution in [0.15, 0.2) is 83.8 Å². The van der Waals surface area contributed by atoms with E-state index < -0.39 is 10.0 Å². The van der Waals surface area contributed by atoms with Crippen molar-refractivity contribution < 1.29 is 17.9 Å². The number of anilines is 1. The molecule has 0 bridgehead atoms. The van der Waals surface area contributed by atoms with Crippen LogP contribution < -0.4 is 10.1 Å². The standard InChI is InChI=1S/C25H28N2O4S/c1-3-27(4-2)32(29,30)24-15-13-22(14-16-24)26-25(28)21-11-8-12-23(19-21)31-18-17-20-9-6-5-7-10-20/h5-16,19H,3-4,17-18H2,1-2H3,(H,26,28). The summed E-state index contributed by atoms with van der Waals surface area (Å²) in [4.78, 5) is 12.9. The monoisotopic (exact) mass is 452 g/mol. The fourth-order valence-corrected chi connectivity index (χ4v) is 4.74. The summed E-state index contributed by atoms with van der Waals surface area (Å²) >= 11 is 0. The summed E-state index contributed by atoms with van der Waals surface area (Å²) in [6.45, 7) is 4.92. The lowest BCUT2D eigenvalue weighted by molar-refractivity contribution is 0.102. The lowest BCUT2D eigenvalue weighted by Crippen LogP contribution is -2.30. The molecule has 7 heteroatoms. The van der Waals surface area contributed by atoms with Gasteiger partial charge in [0.25, 0.3) is 5.91 Å². The molecule has 0 aliphatic rings. The van der Waals surface area contributed by atoms with Crippen molar-refractivity contribution in [1.82, 2.24) is 4.31 Å². The molecule has 3 rings (SSSR count). The molecular weight excluding hydrogens is 424 g/mol. The second-order valence-electron chi connectivity index (χ2n) is 7.18. The van der Waals surface area contributed by atoms with Crippen LogP contribution in [-0.2, 0) is 16.4 Å². The zero-order valence-corrected chi connectivity index (χ0v) is 19.1. The molecule has 0 saturated carbocycles. The molecule has 0 aromatic heterocycles. The van der Waals surface area contributed by atoms with Crippen molar-refractivity contribution in [3.05, 3.63) is 90.0 Å². The summed E-state index contributed by atoms with van der Waals surface area (Å²) in [7, 11) is -3.53. The van der Waals surface area contributed by atoms with Crippen molar-refractivity contribution in [2.45, 2.75) is 25.2 Å². The van der Waals surface area contributed by atoms with Crippen molar-refractivity contribution in [1.29, 1.82) is 0 Å². The Morgan fingerprint density at radius 3 is 2.25 bits per heavy atom. The van der Waals surface area contributed by atoms with E-state index in [1.807, 2.05) is 36.4 Å². The molecule has 0 radical (unpaired) electrons. The quantitative estimate of drug-likeness (QED) is 0.488. The van der Waals surface area contributed by atoms with Crippen molar-refractivity contribution in [3.63, 3.8) is 0 Å². The average molecular weight is 453 g/mol. The summed E-state index contributed by atoms with van der Waals surface area (Å²) in [6, 6.07) is 23.2. The molecule has 0 fully saturated rings. The van der Waals surface area contributed by atoms with Gasteiger partial charge >= 0.3 is 0 Å². The first-order valence-electron chi connectivity index (χ1n) is 10.6. The van der Waals surface area contributed by atoms with E-state index in [-0.39, 0.29) is 10.8 Å². The minimum Gasteiger partial charge on any atom is -0.493 e. The van der Waals surface area contributed by atoms with E-state index in [0.29, 0.717) is 36.7 Å². The number of benzene rings is 3. The Bertz CT molecular complexity index is 1130. The normalized spacial score (nSPS) is 11.3. The van der Waals surface area contributed by atoms with E-state index in [2.05, 4.69) is 5.32 Å². The fourth-order valence-electron chi connectivity index (χ4n) is 3.28. The number of amides is 1. The highest BCUT2D eigenvalue weighted by Crippen LogP contribution is 2.20. The van der Waals surface area contributed by atoms with Gasteiger partial charge in [0.2, 0.25) is 10.0 Å². The molecule has 3 aromatic rings. The van der Waals surface area contributed by atoms with E-state index in [1.165, 1.54) is 22.0 Å². The second kappa shape index (κ2) is 10.9. The summed E-state index contributed by atoms with van der Waals surface area (Å²) < 4.78 is 32.4. The van der Waals surface area contributed by atoms with Crippen LogP contribution in [0.4, 0.5) is 5.69 Å². The van der Waals surface area contributed by atoms with Crippen LogP contribution in [-0.4, -0.2) is 38.3 Å². The first kappa shape index (κ1) is 23.5. The minimum atomic E-state index is -3.53. The number of ether oxygens (including phenoxy) is 1. The maximum atomic E-state index is 12.7. The second-order valence-corrected chi connectivity index (χ2v) is 9.12. The van der Waals surface area contributed by atoms with Crippen molar-refractivity contribution in [2.75, 3.05) is 25.0 Å². The van der Waals surface area contributed by atoms with Crippen molar-refractivity contribution in [2.24, 2.45) is 0 Å². The number of nitrogens with zero attached hydrogens (tertiary/aromatic N) is 1. The molecule has 0 spiro atoms. The van der Waals surface area contributed by atoms with Gasteiger partial charge < -0.3 is 10.1 Å². The first-order chi connectivity index (χ1) is 15.4. The predicted molar refractivity (Wildman–Crippen MR) is 127 cm³/mol. The number of nitrogens with one attached hydrogen (secondary N) is 1. The van der Waals surface area contributed by atoms with E-state index in [4.69, 9.17) is 4.74 Å². The molecule has 0 aliphatic carbocycles. The highest BCUT2D eigenvalue weighted by molar-refractivity contribution is 7.89. The maximum absolute atomic E-state index is 12.7. The van der Waals surface area contributed by atoms with Gasteiger partial charge in [-0.15, -0.1) is 0 Å². The molecule has 32 heavy (non-hydrogen) atoms. The van der Waals surface area contributed by atoms with Crippen LogP contribution in [0.5, 0.6) is 5.75 Å². The van der Waals surface area contributed by atoms with Gasteiger partial charge in [-0.3, -0.25) is 4.79 Å². The molecule has 6 nitrogen and oxygen atoms in total. The van der Waals surface area contributed by atoms with Crippen LogP contribution in [0.1, 0.15) is 29.8 Å². The average Bonchev–Trinajstić information content (AvgIpc) is 2.81. The molecule has 168 valence electrons. The predicted octanol–water partition coefficient (Wildman–Crippen LogP) is 4.59. The number of hydrogen-bond donors (Lipinski definition) is 1. The van der Waals surface area contributed by atoms with Gasteiger partial charge in [0.15, 0.2) is 0 Å². The molecular formula is C25H28N2O4S. The lowest BCUT2D eigenvalue weighted by Gasteiger charge is -2.18. The van der Waals surface area contributed by atoms with Gasteiger partial charge in [-0.25, -0.2) is 8.42 Å². The van der Waals surface area contributed by atoms with Gasteiger partial charge in [-0.1, -0.05) is 50.2 Å². The molecule has 0 unspecified atom stereocenters.